The molecule has 0 amide bonds. The second-order valence-corrected chi connectivity index (χ2v) is 5.77. The van der Waals surface area contributed by atoms with Crippen LogP contribution in [-0.2, 0) is 4.79 Å². The standard InChI is InChI=1S/C12H13Br2NO4/c1-3-7(2)11(16)6-19-12-9(13)4-8(15(17)18)5-10(12)14/h4-5,7H,3,6H2,1-2H3. The molecule has 0 heterocycles. The highest BCUT2D eigenvalue weighted by Crippen LogP contribution is 2.37. The first kappa shape index (κ1) is 16.1. The molecular weight excluding hydrogens is 382 g/mol. The first-order valence-electron chi connectivity index (χ1n) is 5.65. The van der Waals surface area contributed by atoms with E-state index in [1.54, 1.807) is 0 Å². The number of nitro benzene ring substituents is 1. The molecular formula is C12H13Br2NO4. The number of benzene rings is 1. The topological polar surface area (TPSA) is 69.4 Å². The molecule has 1 unspecified atom stereocenters. The van der Waals surface area contributed by atoms with E-state index in [0.29, 0.717) is 14.7 Å². The van der Waals surface area contributed by atoms with Gasteiger partial charge in [-0.25, -0.2) is 0 Å². The Hall–Kier alpha value is -0.950. The average Bonchev–Trinajstić information content (AvgIpc) is 2.36. The van der Waals surface area contributed by atoms with E-state index in [0.717, 1.165) is 6.42 Å². The minimum atomic E-state index is -0.496. The number of carbonyl (C=O) groups is 1. The summed E-state index contributed by atoms with van der Waals surface area (Å²) in [6.07, 6.45) is 0.755. The van der Waals surface area contributed by atoms with Crippen LogP contribution < -0.4 is 4.74 Å². The summed E-state index contributed by atoms with van der Waals surface area (Å²) in [6, 6.07) is 2.68. The van der Waals surface area contributed by atoms with Crippen LogP contribution in [0, 0.1) is 16.0 Å². The highest BCUT2D eigenvalue weighted by atomic mass is 79.9. The number of non-ortho nitro benzene ring substituents is 1. The summed E-state index contributed by atoms with van der Waals surface area (Å²) >= 11 is 6.40. The van der Waals surface area contributed by atoms with Crippen molar-refractivity contribution >= 4 is 43.3 Å². The lowest BCUT2D eigenvalue weighted by Gasteiger charge is -2.12. The van der Waals surface area contributed by atoms with Crippen molar-refractivity contribution in [2.45, 2.75) is 20.3 Å². The highest BCUT2D eigenvalue weighted by Gasteiger charge is 2.17. The van der Waals surface area contributed by atoms with E-state index in [9.17, 15) is 14.9 Å². The van der Waals surface area contributed by atoms with Gasteiger partial charge in [0.25, 0.3) is 5.69 Å². The van der Waals surface area contributed by atoms with Crippen LogP contribution in [-0.4, -0.2) is 17.3 Å². The molecule has 19 heavy (non-hydrogen) atoms. The van der Waals surface area contributed by atoms with E-state index < -0.39 is 4.92 Å². The minimum Gasteiger partial charge on any atom is -0.483 e. The van der Waals surface area contributed by atoms with Gasteiger partial charge in [-0.05, 0) is 38.3 Å². The summed E-state index contributed by atoms with van der Waals surface area (Å²) in [4.78, 5) is 21.9. The van der Waals surface area contributed by atoms with Crippen LogP contribution in [0.2, 0.25) is 0 Å². The Labute approximate surface area is 127 Å². The second kappa shape index (κ2) is 7.00. The first-order chi connectivity index (χ1) is 8.86. The summed E-state index contributed by atoms with van der Waals surface area (Å²) in [5, 5.41) is 10.7. The number of rotatable bonds is 6. The van der Waals surface area contributed by atoms with Crippen LogP contribution in [0.4, 0.5) is 5.69 Å². The molecule has 0 radical (unpaired) electrons. The van der Waals surface area contributed by atoms with Crippen molar-refractivity contribution in [3.63, 3.8) is 0 Å². The maximum Gasteiger partial charge on any atom is 0.271 e. The molecule has 0 spiro atoms. The van der Waals surface area contributed by atoms with E-state index in [1.165, 1.54) is 12.1 Å². The Morgan fingerprint density at radius 2 is 1.95 bits per heavy atom. The van der Waals surface area contributed by atoms with Crippen molar-refractivity contribution in [3.05, 3.63) is 31.2 Å². The summed E-state index contributed by atoms with van der Waals surface area (Å²) in [5.74, 6) is 0.331. The van der Waals surface area contributed by atoms with Crippen LogP contribution in [0.3, 0.4) is 0 Å². The molecule has 0 fully saturated rings. The number of hydrogen-bond acceptors (Lipinski definition) is 4. The maximum absolute atomic E-state index is 11.7. The summed E-state index contributed by atoms with van der Waals surface area (Å²) in [5.41, 5.74) is -0.0562. The summed E-state index contributed by atoms with van der Waals surface area (Å²) in [7, 11) is 0. The predicted octanol–water partition coefficient (Wildman–Crippen LogP) is 4.11. The van der Waals surface area contributed by atoms with Gasteiger partial charge in [-0.2, -0.15) is 0 Å². The Bertz CT molecular complexity index is 481. The van der Waals surface area contributed by atoms with Crippen molar-refractivity contribution in [2.75, 3.05) is 6.61 Å². The van der Waals surface area contributed by atoms with E-state index >= 15 is 0 Å². The SMILES string of the molecule is CCC(C)C(=O)COc1c(Br)cc([N+](=O)[O-])cc1Br. The molecule has 0 N–H and O–H groups in total. The molecule has 1 atom stereocenters. The van der Waals surface area contributed by atoms with Crippen LogP contribution in [0.5, 0.6) is 5.75 Å². The van der Waals surface area contributed by atoms with Crippen molar-refractivity contribution in [2.24, 2.45) is 5.92 Å². The molecule has 0 aliphatic heterocycles. The fraction of sp³-hybridized carbons (Fsp3) is 0.417. The van der Waals surface area contributed by atoms with Gasteiger partial charge in [-0.15, -0.1) is 0 Å². The third kappa shape index (κ3) is 4.28. The lowest BCUT2D eigenvalue weighted by atomic mass is 10.1. The molecule has 1 rings (SSSR count). The fourth-order valence-corrected chi connectivity index (χ4v) is 2.69. The predicted molar refractivity (Wildman–Crippen MR) is 78.5 cm³/mol. The number of hydrogen-bond donors (Lipinski definition) is 0. The van der Waals surface area contributed by atoms with Crippen molar-refractivity contribution in [1.82, 2.24) is 0 Å². The Morgan fingerprint density at radius 1 is 1.42 bits per heavy atom. The zero-order valence-electron chi connectivity index (χ0n) is 10.5. The fourth-order valence-electron chi connectivity index (χ4n) is 1.30. The third-order valence-corrected chi connectivity index (χ3v) is 3.89. The third-order valence-electron chi connectivity index (χ3n) is 2.71. The molecule has 0 saturated heterocycles. The van der Waals surface area contributed by atoms with Gasteiger partial charge < -0.3 is 4.74 Å². The number of nitrogens with zero attached hydrogens (tertiary/aromatic N) is 1. The van der Waals surface area contributed by atoms with Crippen molar-refractivity contribution < 1.29 is 14.5 Å². The quantitative estimate of drug-likeness (QED) is 0.537. The van der Waals surface area contributed by atoms with Gasteiger partial charge in [0.15, 0.2) is 5.78 Å². The molecule has 0 bridgehead atoms. The van der Waals surface area contributed by atoms with Gasteiger partial charge in [0.2, 0.25) is 0 Å². The molecule has 5 nitrogen and oxygen atoms in total. The molecule has 0 aliphatic carbocycles. The Morgan fingerprint density at radius 3 is 2.37 bits per heavy atom. The van der Waals surface area contributed by atoms with Crippen LogP contribution in [0.25, 0.3) is 0 Å². The first-order valence-corrected chi connectivity index (χ1v) is 7.24. The average molecular weight is 395 g/mol. The molecule has 1 aromatic carbocycles. The zero-order valence-corrected chi connectivity index (χ0v) is 13.7. The number of nitro groups is 1. The molecule has 104 valence electrons. The van der Waals surface area contributed by atoms with E-state index in [-0.39, 0.29) is 24.0 Å². The van der Waals surface area contributed by atoms with Crippen LogP contribution in [0.15, 0.2) is 21.1 Å². The Balaban J connectivity index is 2.85. The van der Waals surface area contributed by atoms with Gasteiger partial charge in [-0.1, -0.05) is 13.8 Å². The normalized spacial score (nSPS) is 12.0. The number of Topliss-reactive ketones (excluding diaryl/α,β-unsaturated/α-hetero) is 1. The zero-order chi connectivity index (χ0) is 14.6. The van der Waals surface area contributed by atoms with E-state index in [1.807, 2.05) is 13.8 Å². The lowest BCUT2D eigenvalue weighted by Crippen LogP contribution is -2.18. The maximum atomic E-state index is 11.7. The molecule has 7 heteroatoms. The van der Waals surface area contributed by atoms with Crippen LogP contribution >= 0.6 is 31.9 Å². The molecule has 0 aromatic heterocycles. The second-order valence-electron chi connectivity index (χ2n) is 4.06. The van der Waals surface area contributed by atoms with Gasteiger partial charge in [0, 0.05) is 18.1 Å². The summed E-state index contributed by atoms with van der Waals surface area (Å²) in [6.45, 7) is 3.72. The molecule has 0 aliphatic rings. The summed E-state index contributed by atoms with van der Waals surface area (Å²) < 4.78 is 6.29. The van der Waals surface area contributed by atoms with Gasteiger partial charge in [0.05, 0.1) is 13.9 Å². The van der Waals surface area contributed by atoms with E-state index in [2.05, 4.69) is 31.9 Å². The monoisotopic (exact) mass is 393 g/mol. The molecule has 0 saturated carbocycles. The smallest absolute Gasteiger partial charge is 0.271 e. The van der Waals surface area contributed by atoms with Gasteiger partial charge in [-0.3, -0.25) is 14.9 Å². The number of carbonyl (C=O) groups excluding carboxylic acids is 1. The van der Waals surface area contributed by atoms with E-state index in [4.69, 9.17) is 4.74 Å². The van der Waals surface area contributed by atoms with Crippen molar-refractivity contribution in [1.29, 1.82) is 0 Å². The lowest BCUT2D eigenvalue weighted by molar-refractivity contribution is -0.385. The van der Waals surface area contributed by atoms with Gasteiger partial charge in [0.1, 0.15) is 12.4 Å². The minimum absolute atomic E-state index is 0.000322. The largest absolute Gasteiger partial charge is 0.483 e. The van der Waals surface area contributed by atoms with Crippen molar-refractivity contribution in [3.8, 4) is 5.75 Å². The van der Waals surface area contributed by atoms with Crippen LogP contribution in [0.1, 0.15) is 20.3 Å². The Kier molecular flexibility index (Phi) is 5.93. The number of ketones is 1. The number of ether oxygens (including phenoxy) is 1. The molecule has 1 aromatic rings. The number of halogens is 2. The van der Waals surface area contributed by atoms with Gasteiger partial charge >= 0.3 is 0 Å². The highest BCUT2D eigenvalue weighted by molar-refractivity contribution is 9.11.